The van der Waals surface area contributed by atoms with E-state index >= 15 is 0 Å². The largest absolute Gasteiger partial charge is 0.497 e. The van der Waals surface area contributed by atoms with E-state index in [0.717, 1.165) is 30.9 Å². The second-order valence-corrected chi connectivity index (χ2v) is 5.96. The fourth-order valence-corrected chi connectivity index (χ4v) is 2.67. The maximum Gasteiger partial charge on any atom is 0.118 e. The summed E-state index contributed by atoms with van der Waals surface area (Å²) in [5, 5.41) is 3.60. The van der Waals surface area contributed by atoms with E-state index in [9.17, 15) is 0 Å². The summed E-state index contributed by atoms with van der Waals surface area (Å²) in [5.41, 5.74) is 8.80. The van der Waals surface area contributed by atoms with Crippen molar-refractivity contribution in [1.82, 2.24) is 5.32 Å². The summed E-state index contributed by atoms with van der Waals surface area (Å²) >= 11 is 0. The van der Waals surface area contributed by atoms with Crippen LogP contribution in [0.3, 0.4) is 0 Å². The highest BCUT2D eigenvalue weighted by Gasteiger charge is 2.16. The van der Waals surface area contributed by atoms with Gasteiger partial charge < -0.3 is 20.5 Å². The summed E-state index contributed by atoms with van der Waals surface area (Å²) in [4.78, 5) is 0. The number of methoxy groups -OCH3 is 2. The topological polar surface area (TPSA) is 56.5 Å². The number of benzene rings is 2. The van der Waals surface area contributed by atoms with Gasteiger partial charge >= 0.3 is 0 Å². The Morgan fingerprint density at radius 3 is 1.83 bits per heavy atom. The summed E-state index contributed by atoms with van der Waals surface area (Å²) in [7, 11) is 3.36. The quantitative estimate of drug-likeness (QED) is 0.742. The summed E-state index contributed by atoms with van der Waals surface area (Å²) in [6.45, 7) is 2.92. The molecule has 4 heteroatoms. The number of nitrogens with one attached hydrogen (secondary N) is 1. The number of ether oxygens (including phenoxy) is 2. The van der Waals surface area contributed by atoms with Crippen LogP contribution in [0.15, 0.2) is 48.5 Å². The zero-order valence-corrected chi connectivity index (χ0v) is 14.8. The molecule has 0 saturated carbocycles. The SMILES string of the molecule is CCC(N)C(Cc1ccc(OC)cc1)NCc1ccc(OC)cc1. The maximum absolute atomic E-state index is 6.32. The van der Waals surface area contributed by atoms with Gasteiger partial charge in [0.2, 0.25) is 0 Å². The molecular weight excluding hydrogens is 300 g/mol. The highest BCUT2D eigenvalue weighted by molar-refractivity contribution is 5.28. The average molecular weight is 328 g/mol. The lowest BCUT2D eigenvalue weighted by Gasteiger charge is -2.25. The Labute approximate surface area is 145 Å². The fourth-order valence-electron chi connectivity index (χ4n) is 2.67. The summed E-state index contributed by atoms with van der Waals surface area (Å²) in [6, 6.07) is 16.6. The number of nitrogens with two attached hydrogens (primary N) is 1. The number of hydrogen-bond acceptors (Lipinski definition) is 4. The van der Waals surface area contributed by atoms with Gasteiger partial charge in [-0.2, -0.15) is 0 Å². The van der Waals surface area contributed by atoms with Crippen molar-refractivity contribution in [2.24, 2.45) is 5.73 Å². The van der Waals surface area contributed by atoms with Crippen LogP contribution in [-0.4, -0.2) is 26.3 Å². The van der Waals surface area contributed by atoms with Gasteiger partial charge in [-0.1, -0.05) is 31.2 Å². The zero-order valence-electron chi connectivity index (χ0n) is 14.8. The lowest BCUT2D eigenvalue weighted by atomic mass is 9.98. The van der Waals surface area contributed by atoms with Gasteiger partial charge in [0.05, 0.1) is 14.2 Å². The van der Waals surface area contributed by atoms with E-state index in [0.29, 0.717) is 0 Å². The van der Waals surface area contributed by atoms with E-state index in [1.807, 2.05) is 24.3 Å². The molecule has 0 spiro atoms. The van der Waals surface area contributed by atoms with Gasteiger partial charge in [0.25, 0.3) is 0 Å². The molecule has 2 rings (SSSR count). The van der Waals surface area contributed by atoms with Gasteiger partial charge in [0, 0.05) is 18.6 Å². The van der Waals surface area contributed by atoms with E-state index in [1.54, 1.807) is 14.2 Å². The third kappa shape index (κ3) is 5.25. The van der Waals surface area contributed by atoms with Gasteiger partial charge in [0.15, 0.2) is 0 Å². The predicted octanol–water partition coefficient (Wildman–Crippen LogP) is 3.14. The third-order valence-corrected chi connectivity index (χ3v) is 4.33. The van der Waals surface area contributed by atoms with Crippen molar-refractivity contribution in [3.05, 3.63) is 59.7 Å². The second-order valence-electron chi connectivity index (χ2n) is 5.96. The molecule has 0 aliphatic rings. The molecule has 4 nitrogen and oxygen atoms in total. The summed E-state index contributed by atoms with van der Waals surface area (Å²) in [5.74, 6) is 1.75. The van der Waals surface area contributed by atoms with Gasteiger partial charge in [-0.05, 0) is 48.2 Å². The Balaban J connectivity index is 1.98. The van der Waals surface area contributed by atoms with Crippen molar-refractivity contribution in [1.29, 1.82) is 0 Å². The lowest BCUT2D eigenvalue weighted by molar-refractivity contribution is 0.409. The van der Waals surface area contributed by atoms with Crippen LogP contribution >= 0.6 is 0 Å². The molecule has 2 aromatic carbocycles. The minimum absolute atomic E-state index is 0.116. The minimum Gasteiger partial charge on any atom is -0.497 e. The normalized spacial score (nSPS) is 13.3. The van der Waals surface area contributed by atoms with E-state index in [1.165, 1.54) is 11.1 Å². The molecule has 0 amide bonds. The summed E-state index contributed by atoms with van der Waals surface area (Å²) in [6.07, 6.45) is 1.84. The molecule has 0 heterocycles. The van der Waals surface area contributed by atoms with Crippen molar-refractivity contribution in [3.8, 4) is 11.5 Å². The smallest absolute Gasteiger partial charge is 0.118 e. The first-order chi connectivity index (χ1) is 11.7. The first-order valence-corrected chi connectivity index (χ1v) is 8.41. The van der Waals surface area contributed by atoms with Crippen LogP contribution in [0.1, 0.15) is 24.5 Å². The Bertz CT molecular complexity index is 596. The molecule has 130 valence electrons. The zero-order chi connectivity index (χ0) is 17.4. The highest BCUT2D eigenvalue weighted by atomic mass is 16.5. The molecule has 2 aromatic rings. The van der Waals surface area contributed by atoms with E-state index in [4.69, 9.17) is 15.2 Å². The van der Waals surface area contributed by atoms with Crippen molar-refractivity contribution in [2.75, 3.05) is 14.2 Å². The molecule has 24 heavy (non-hydrogen) atoms. The second kappa shape index (κ2) is 9.30. The Morgan fingerprint density at radius 2 is 1.38 bits per heavy atom. The molecule has 0 radical (unpaired) electrons. The van der Waals surface area contributed by atoms with Gasteiger partial charge in [-0.3, -0.25) is 0 Å². The van der Waals surface area contributed by atoms with Crippen molar-refractivity contribution in [3.63, 3.8) is 0 Å². The predicted molar refractivity (Wildman–Crippen MR) is 98.6 cm³/mol. The highest BCUT2D eigenvalue weighted by Crippen LogP contribution is 2.15. The van der Waals surface area contributed by atoms with Crippen LogP contribution in [0.4, 0.5) is 0 Å². The van der Waals surface area contributed by atoms with E-state index in [-0.39, 0.29) is 12.1 Å². The first kappa shape index (κ1) is 18.3. The molecule has 2 atom stereocenters. The minimum atomic E-state index is 0.116. The van der Waals surface area contributed by atoms with Crippen molar-refractivity contribution < 1.29 is 9.47 Å². The van der Waals surface area contributed by atoms with Crippen molar-refractivity contribution in [2.45, 2.75) is 38.4 Å². The number of hydrogen-bond donors (Lipinski definition) is 2. The molecule has 0 aromatic heterocycles. The third-order valence-electron chi connectivity index (χ3n) is 4.33. The van der Waals surface area contributed by atoms with Crippen LogP contribution in [-0.2, 0) is 13.0 Å². The first-order valence-electron chi connectivity index (χ1n) is 8.41. The molecule has 0 aliphatic heterocycles. The molecular formula is C20H28N2O2. The van der Waals surface area contributed by atoms with E-state index in [2.05, 4.69) is 36.5 Å². The Morgan fingerprint density at radius 1 is 0.875 bits per heavy atom. The van der Waals surface area contributed by atoms with Gasteiger partial charge in [0.1, 0.15) is 11.5 Å². The molecule has 0 fully saturated rings. The van der Waals surface area contributed by atoms with Crippen LogP contribution in [0.2, 0.25) is 0 Å². The van der Waals surface area contributed by atoms with Crippen molar-refractivity contribution >= 4 is 0 Å². The van der Waals surface area contributed by atoms with Crippen LogP contribution < -0.4 is 20.5 Å². The van der Waals surface area contributed by atoms with Crippen LogP contribution in [0.5, 0.6) is 11.5 Å². The molecule has 0 saturated heterocycles. The Kier molecular flexibility index (Phi) is 7.09. The van der Waals surface area contributed by atoms with Crippen LogP contribution in [0.25, 0.3) is 0 Å². The van der Waals surface area contributed by atoms with Gasteiger partial charge in [-0.15, -0.1) is 0 Å². The standard InChI is InChI=1S/C20H28N2O2/c1-4-19(21)20(13-15-5-9-17(23-2)10-6-15)22-14-16-7-11-18(24-3)12-8-16/h5-12,19-20,22H,4,13-14,21H2,1-3H3. The monoisotopic (exact) mass is 328 g/mol. The van der Waals surface area contributed by atoms with Crippen LogP contribution in [0, 0.1) is 0 Å². The fraction of sp³-hybridized carbons (Fsp3) is 0.400. The molecule has 3 N–H and O–H groups in total. The average Bonchev–Trinajstić information content (AvgIpc) is 2.65. The number of rotatable bonds is 9. The van der Waals surface area contributed by atoms with Gasteiger partial charge in [-0.25, -0.2) is 0 Å². The summed E-state index contributed by atoms with van der Waals surface area (Å²) < 4.78 is 10.4. The lowest BCUT2D eigenvalue weighted by Crippen LogP contribution is -2.45. The molecule has 0 bridgehead atoms. The Hall–Kier alpha value is -2.04. The molecule has 2 unspecified atom stereocenters. The molecule has 0 aliphatic carbocycles. The van der Waals surface area contributed by atoms with E-state index < -0.39 is 0 Å². The maximum atomic E-state index is 6.32.